The van der Waals surface area contributed by atoms with E-state index in [0.29, 0.717) is 12.5 Å². The van der Waals surface area contributed by atoms with Crippen molar-refractivity contribution in [2.75, 3.05) is 38.2 Å². The summed E-state index contributed by atoms with van der Waals surface area (Å²) >= 11 is 0. The number of nitrogens with one attached hydrogen (secondary N) is 1. The van der Waals surface area contributed by atoms with Gasteiger partial charge in [0.15, 0.2) is 0 Å². The first-order valence-corrected chi connectivity index (χ1v) is 7.99. The molecule has 1 fully saturated rings. The number of rotatable bonds is 7. The quantitative estimate of drug-likeness (QED) is 0.779. The molecule has 1 aliphatic rings. The molecule has 0 radical (unpaired) electrons. The number of aromatic nitrogens is 1. The summed E-state index contributed by atoms with van der Waals surface area (Å²) in [6.45, 7) is 3.65. The first-order valence-electron chi connectivity index (χ1n) is 7.99. The SMILES string of the molecule is Cc1cccc(NC2CCN(CCCOCC(F)(F)F)CC2)n1. The zero-order valence-electron chi connectivity index (χ0n) is 13.4. The van der Waals surface area contributed by atoms with Crippen molar-refractivity contribution in [1.29, 1.82) is 0 Å². The van der Waals surface area contributed by atoms with Gasteiger partial charge in [0.25, 0.3) is 0 Å². The topological polar surface area (TPSA) is 37.4 Å². The van der Waals surface area contributed by atoms with E-state index in [1.165, 1.54) is 0 Å². The molecule has 1 N–H and O–H groups in total. The Morgan fingerprint density at radius 1 is 1.30 bits per heavy atom. The molecule has 1 aliphatic heterocycles. The van der Waals surface area contributed by atoms with Crippen LogP contribution in [0.1, 0.15) is 25.0 Å². The predicted molar refractivity (Wildman–Crippen MR) is 83.5 cm³/mol. The molecule has 0 atom stereocenters. The van der Waals surface area contributed by atoms with E-state index >= 15 is 0 Å². The third-order valence-electron chi connectivity index (χ3n) is 3.86. The van der Waals surface area contributed by atoms with Crippen molar-refractivity contribution in [2.45, 2.75) is 38.4 Å². The lowest BCUT2D eigenvalue weighted by atomic mass is 10.0. The summed E-state index contributed by atoms with van der Waals surface area (Å²) in [5, 5.41) is 3.45. The van der Waals surface area contributed by atoms with Crippen molar-refractivity contribution in [3.05, 3.63) is 23.9 Å². The number of pyridine rings is 1. The van der Waals surface area contributed by atoms with Crippen molar-refractivity contribution in [3.63, 3.8) is 0 Å². The van der Waals surface area contributed by atoms with E-state index < -0.39 is 12.8 Å². The van der Waals surface area contributed by atoms with Crippen LogP contribution < -0.4 is 5.32 Å². The van der Waals surface area contributed by atoms with E-state index in [1.54, 1.807) is 0 Å². The summed E-state index contributed by atoms with van der Waals surface area (Å²) in [4.78, 5) is 6.72. The van der Waals surface area contributed by atoms with Gasteiger partial charge in [-0.3, -0.25) is 0 Å². The van der Waals surface area contributed by atoms with Gasteiger partial charge in [0.1, 0.15) is 12.4 Å². The minimum atomic E-state index is -4.23. The Morgan fingerprint density at radius 3 is 2.70 bits per heavy atom. The van der Waals surface area contributed by atoms with Crippen LogP contribution in [-0.2, 0) is 4.74 Å². The Kier molecular flexibility index (Phi) is 6.65. The number of hydrogen-bond acceptors (Lipinski definition) is 4. The van der Waals surface area contributed by atoms with Gasteiger partial charge in [-0.15, -0.1) is 0 Å². The maximum Gasteiger partial charge on any atom is 0.411 e. The first kappa shape index (κ1) is 18.0. The summed E-state index contributed by atoms with van der Waals surface area (Å²) in [6.07, 6.45) is -1.57. The van der Waals surface area contributed by atoms with Gasteiger partial charge in [-0.1, -0.05) is 6.07 Å². The number of aryl methyl sites for hydroxylation is 1. The average Bonchev–Trinajstić information content (AvgIpc) is 2.47. The van der Waals surface area contributed by atoms with Crippen molar-refractivity contribution in [1.82, 2.24) is 9.88 Å². The van der Waals surface area contributed by atoms with Crippen LogP contribution in [0.5, 0.6) is 0 Å². The molecule has 2 heterocycles. The number of ether oxygens (including phenoxy) is 1. The third kappa shape index (κ3) is 7.18. The fourth-order valence-electron chi connectivity index (χ4n) is 2.71. The summed E-state index contributed by atoms with van der Waals surface area (Å²) in [6, 6.07) is 6.33. The number of piperidine rings is 1. The standard InChI is InChI=1S/C16H24F3N3O/c1-13-4-2-5-15(20-13)21-14-6-9-22(10-7-14)8-3-11-23-12-16(17,18)19/h2,4-5,14H,3,6-12H2,1H3,(H,20,21). The molecule has 2 rings (SSSR count). The molecule has 1 aromatic heterocycles. The minimum absolute atomic E-state index is 0.158. The normalized spacial score (nSPS) is 17.4. The highest BCUT2D eigenvalue weighted by atomic mass is 19.4. The zero-order valence-corrected chi connectivity index (χ0v) is 13.4. The fraction of sp³-hybridized carbons (Fsp3) is 0.688. The molecule has 0 spiro atoms. The maximum absolute atomic E-state index is 11.9. The van der Waals surface area contributed by atoms with Gasteiger partial charge in [-0.05, 0) is 38.3 Å². The lowest BCUT2D eigenvalue weighted by molar-refractivity contribution is -0.174. The Labute approximate surface area is 135 Å². The van der Waals surface area contributed by atoms with Crippen molar-refractivity contribution in [3.8, 4) is 0 Å². The molecule has 23 heavy (non-hydrogen) atoms. The average molecular weight is 331 g/mol. The Bertz CT molecular complexity index is 474. The Balaban J connectivity index is 1.59. The predicted octanol–water partition coefficient (Wildman–Crippen LogP) is 3.24. The van der Waals surface area contributed by atoms with E-state index in [9.17, 15) is 13.2 Å². The number of hydrogen-bond donors (Lipinski definition) is 1. The van der Waals surface area contributed by atoms with Crippen LogP contribution in [0.2, 0.25) is 0 Å². The van der Waals surface area contributed by atoms with Crippen LogP contribution in [0.25, 0.3) is 0 Å². The summed E-state index contributed by atoms with van der Waals surface area (Å²) in [7, 11) is 0. The molecule has 0 aromatic carbocycles. The first-order chi connectivity index (χ1) is 10.9. The lowest BCUT2D eigenvalue weighted by Crippen LogP contribution is -2.39. The van der Waals surface area contributed by atoms with E-state index in [4.69, 9.17) is 0 Å². The molecule has 0 amide bonds. The van der Waals surface area contributed by atoms with Gasteiger partial charge < -0.3 is 15.0 Å². The second-order valence-corrected chi connectivity index (χ2v) is 5.95. The van der Waals surface area contributed by atoms with Crippen LogP contribution in [0.15, 0.2) is 18.2 Å². The van der Waals surface area contributed by atoms with Gasteiger partial charge in [-0.25, -0.2) is 4.98 Å². The van der Waals surface area contributed by atoms with Crippen LogP contribution in [-0.4, -0.2) is 55.0 Å². The second-order valence-electron chi connectivity index (χ2n) is 5.95. The van der Waals surface area contributed by atoms with E-state index in [1.807, 2.05) is 25.1 Å². The Morgan fingerprint density at radius 2 is 2.04 bits per heavy atom. The Hall–Kier alpha value is -1.34. The highest BCUT2D eigenvalue weighted by Crippen LogP contribution is 2.16. The second kappa shape index (κ2) is 8.49. The summed E-state index contributed by atoms with van der Waals surface area (Å²) < 4.78 is 40.4. The van der Waals surface area contributed by atoms with Crippen molar-refractivity contribution in [2.24, 2.45) is 0 Å². The number of anilines is 1. The monoisotopic (exact) mass is 331 g/mol. The smallest absolute Gasteiger partial charge is 0.372 e. The number of nitrogens with zero attached hydrogens (tertiary/aromatic N) is 2. The maximum atomic E-state index is 11.9. The molecule has 4 nitrogen and oxygen atoms in total. The fourth-order valence-corrected chi connectivity index (χ4v) is 2.71. The van der Waals surface area contributed by atoms with Crippen LogP contribution in [0, 0.1) is 6.92 Å². The largest absolute Gasteiger partial charge is 0.411 e. The van der Waals surface area contributed by atoms with Gasteiger partial charge in [0, 0.05) is 38.0 Å². The van der Waals surface area contributed by atoms with Crippen molar-refractivity contribution < 1.29 is 17.9 Å². The number of halogens is 3. The van der Waals surface area contributed by atoms with Crippen LogP contribution >= 0.6 is 0 Å². The summed E-state index contributed by atoms with van der Waals surface area (Å²) in [5.74, 6) is 0.906. The third-order valence-corrected chi connectivity index (χ3v) is 3.86. The highest BCUT2D eigenvalue weighted by molar-refractivity contribution is 5.36. The molecule has 130 valence electrons. The van der Waals surface area contributed by atoms with E-state index in [0.717, 1.165) is 44.0 Å². The highest BCUT2D eigenvalue weighted by Gasteiger charge is 2.27. The van der Waals surface area contributed by atoms with Gasteiger partial charge >= 0.3 is 6.18 Å². The van der Waals surface area contributed by atoms with Gasteiger partial charge in [0.2, 0.25) is 0 Å². The summed E-state index contributed by atoms with van der Waals surface area (Å²) in [5.41, 5.74) is 0.992. The molecule has 0 aliphatic carbocycles. The minimum Gasteiger partial charge on any atom is -0.372 e. The molecule has 1 saturated heterocycles. The molecule has 7 heteroatoms. The number of likely N-dealkylation sites (tertiary alicyclic amines) is 1. The lowest BCUT2D eigenvalue weighted by Gasteiger charge is -2.32. The zero-order chi connectivity index (χ0) is 16.7. The van der Waals surface area contributed by atoms with Crippen molar-refractivity contribution >= 4 is 5.82 Å². The van der Waals surface area contributed by atoms with E-state index in [2.05, 4.69) is 19.9 Å². The molecule has 1 aromatic rings. The van der Waals surface area contributed by atoms with Crippen LogP contribution in [0.3, 0.4) is 0 Å². The molecule has 0 unspecified atom stereocenters. The van der Waals surface area contributed by atoms with Gasteiger partial charge in [0.05, 0.1) is 0 Å². The number of alkyl halides is 3. The molecular weight excluding hydrogens is 307 g/mol. The molecule has 0 bridgehead atoms. The molecule has 0 saturated carbocycles. The van der Waals surface area contributed by atoms with Gasteiger partial charge in [-0.2, -0.15) is 13.2 Å². The van der Waals surface area contributed by atoms with E-state index in [-0.39, 0.29) is 6.61 Å². The van der Waals surface area contributed by atoms with Crippen LogP contribution in [0.4, 0.5) is 19.0 Å². The molecular formula is C16H24F3N3O.